The Labute approximate surface area is 146 Å². The second-order valence-corrected chi connectivity index (χ2v) is 7.00. The molecule has 2 atom stereocenters. The van der Waals surface area contributed by atoms with Crippen LogP contribution in [-0.4, -0.2) is 30.4 Å². The maximum absolute atomic E-state index is 12.0. The van der Waals surface area contributed by atoms with E-state index in [1.54, 1.807) is 12.1 Å². The molecular formula is C20H20O5. The number of hydrogen-bond donors (Lipinski definition) is 1. The van der Waals surface area contributed by atoms with Gasteiger partial charge in [-0.25, -0.2) is 4.79 Å². The predicted molar refractivity (Wildman–Crippen MR) is 91.4 cm³/mol. The summed E-state index contributed by atoms with van der Waals surface area (Å²) >= 11 is 0. The van der Waals surface area contributed by atoms with Gasteiger partial charge in [0.2, 0.25) is 0 Å². The highest BCUT2D eigenvalue weighted by Crippen LogP contribution is 2.55. The van der Waals surface area contributed by atoms with Gasteiger partial charge in [-0.05, 0) is 32.0 Å². The molecule has 0 amide bonds. The Balaban J connectivity index is 1.98. The number of methoxy groups -OCH3 is 1. The molecule has 0 aliphatic carbocycles. The van der Waals surface area contributed by atoms with E-state index in [-0.39, 0.29) is 23.1 Å². The van der Waals surface area contributed by atoms with Crippen LogP contribution in [0.5, 0.6) is 17.2 Å². The zero-order valence-electron chi connectivity index (χ0n) is 14.4. The average molecular weight is 340 g/mol. The van der Waals surface area contributed by atoms with E-state index in [0.29, 0.717) is 17.9 Å². The number of benzene rings is 2. The van der Waals surface area contributed by atoms with E-state index in [2.05, 4.69) is 0 Å². The number of carbonyl (C=O) groups is 1. The van der Waals surface area contributed by atoms with Gasteiger partial charge in [0.15, 0.2) is 0 Å². The minimum absolute atomic E-state index is 0.00805. The number of para-hydroxylation sites is 1. The van der Waals surface area contributed by atoms with Crippen molar-refractivity contribution in [3.63, 3.8) is 0 Å². The lowest BCUT2D eigenvalue weighted by molar-refractivity contribution is -0.0144. The summed E-state index contributed by atoms with van der Waals surface area (Å²) in [7, 11) is 1.30. The lowest BCUT2D eigenvalue weighted by Crippen LogP contribution is -2.49. The number of carbonyl (C=O) groups excluding carboxylic acids is 1. The zero-order chi connectivity index (χ0) is 17.8. The summed E-state index contributed by atoms with van der Waals surface area (Å²) in [4.78, 5) is 12.0. The minimum atomic E-state index is -0.568. The second kappa shape index (κ2) is 5.41. The van der Waals surface area contributed by atoms with E-state index >= 15 is 0 Å². The Morgan fingerprint density at radius 2 is 1.96 bits per heavy atom. The number of aromatic hydroxyl groups is 1. The summed E-state index contributed by atoms with van der Waals surface area (Å²) in [5, 5.41) is 10.8. The highest BCUT2D eigenvalue weighted by Gasteiger charge is 2.49. The van der Waals surface area contributed by atoms with Gasteiger partial charge in [-0.3, -0.25) is 0 Å². The van der Waals surface area contributed by atoms with Gasteiger partial charge < -0.3 is 19.3 Å². The van der Waals surface area contributed by atoms with Crippen LogP contribution in [0.2, 0.25) is 0 Å². The van der Waals surface area contributed by atoms with Crippen molar-refractivity contribution in [2.45, 2.75) is 25.4 Å². The molecule has 0 saturated heterocycles. The van der Waals surface area contributed by atoms with Gasteiger partial charge in [-0.15, -0.1) is 0 Å². The minimum Gasteiger partial charge on any atom is -0.507 e. The molecule has 2 aliphatic heterocycles. The monoisotopic (exact) mass is 340 g/mol. The zero-order valence-corrected chi connectivity index (χ0v) is 14.4. The summed E-state index contributed by atoms with van der Waals surface area (Å²) in [6.07, 6.45) is 0. The molecule has 0 bridgehead atoms. The molecule has 5 nitrogen and oxygen atoms in total. The molecule has 2 aliphatic rings. The van der Waals surface area contributed by atoms with Gasteiger partial charge in [0, 0.05) is 23.0 Å². The molecule has 0 unspecified atom stereocenters. The molecule has 4 rings (SSSR count). The van der Waals surface area contributed by atoms with Crippen molar-refractivity contribution in [3.05, 3.63) is 53.1 Å². The van der Waals surface area contributed by atoms with Crippen molar-refractivity contribution < 1.29 is 24.1 Å². The molecule has 25 heavy (non-hydrogen) atoms. The summed E-state index contributed by atoms with van der Waals surface area (Å²) < 4.78 is 16.9. The third-order valence-corrected chi connectivity index (χ3v) is 5.23. The number of rotatable bonds is 1. The first-order valence-electron chi connectivity index (χ1n) is 8.29. The van der Waals surface area contributed by atoms with Gasteiger partial charge in [-0.2, -0.15) is 0 Å². The van der Waals surface area contributed by atoms with Crippen LogP contribution in [0.4, 0.5) is 0 Å². The van der Waals surface area contributed by atoms with Crippen molar-refractivity contribution in [3.8, 4) is 17.2 Å². The largest absolute Gasteiger partial charge is 0.507 e. The normalized spacial score (nSPS) is 22.5. The molecule has 5 heteroatoms. The van der Waals surface area contributed by atoms with E-state index in [9.17, 15) is 9.90 Å². The molecule has 2 aromatic carbocycles. The first kappa shape index (κ1) is 15.8. The first-order valence-corrected chi connectivity index (χ1v) is 8.29. The summed E-state index contributed by atoms with van der Waals surface area (Å²) in [6.45, 7) is 4.53. The molecule has 2 heterocycles. The number of phenols is 1. The fourth-order valence-electron chi connectivity index (χ4n) is 3.93. The van der Waals surface area contributed by atoms with Crippen molar-refractivity contribution in [2.75, 3.05) is 13.7 Å². The summed E-state index contributed by atoms with van der Waals surface area (Å²) in [5.41, 5.74) is 1.30. The third kappa shape index (κ3) is 2.26. The molecule has 0 fully saturated rings. The Hall–Kier alpha value is -2.69. The highest BCUT2D eigenvalue weighted by atomic mass is 16.5. The number of hydrogen-bond acceptors (Lipinski definition) is 5. The van der Waals surface area contributed by atoms with Crippen LogP contribution in [0.3, 0.4) is 0 Å². The van der Waals surface area contributed by atoms with Gasteiger partial charge in [-0.1, -0.05) is 18.2 Å². The topological polar surface area (TPSA) is 65.0 Å². The third-order valence-electron chi connectivity index (χ3n) is 5.23. The van der Waals surface area contributed by atoms with E-state index in [4.69, 9.17) is 14.2 Å². The molecule has 0 spiro atoms. The Morgan fingerprint density at radius 3 is 2.72 bits per heavy atom. The molecule has 2 aromatic rings. The molecule has 1 N–H and O–H groups in total. The first-order chi connectivity index (χ1) is 11.9. The highest BCUT2D eigenvalue weighted by molar-refractivity contribution is 5.93. The maximum atomic E-state index is 12.0. The number of ether oxygens (including phenoxy) is 3. The van der Waals surface area contributed by atoms with Crippen molar-refractivity contribution in [2.24, 2.45) is 5.92 Å². The molecule has 130 valence electrons. The Kier molecular flexibility index (Phi) is 3.42. The summed E-state index contributed by atoms with van der Waals surface area (Å²) in [6, 6.07) is 11.1. The van der Waals surface area contributed by atoms with Gasteiger partial charge in [0.25, 0.3) is 0 Å². The van der Waals surface area contributed by atoms with Crippen molar-refractivity contribution in [1.29, 1.82) is 0 Å². The molecule has 0 radical (unpaired) electrons. The van der Waals surface area contributed by atoms with Gasteiger partial charge in [0.05, 0.1) is 13.7 Å². The van der Waals surface area contributed by atoms with Crippen LogP contribution in [0.15, 0.2) is 36.4 Å². The smallest absolute Gasteiger partial charge is 0.341 e. The Bertz CT molecular complexity index is 855. The standard InChI is InChI=1S/C20H20O5/c1-20(2)13-10-24-14-7-5-4-6-11(14)16(13)17-15(25-20)9-8-12(18(17)21)19(22)23-3/h4-9,13,16,21H,10H2,1-3H3/t13-,16+/m1/s1. The van der Waals surface area contributed by atoms with Crippen molar-refractivity contribution >= 4 is 5.97 Å². The molecule has 0 saturated carbocycles. The molecular weight excluding hydrogens is 320 g/mol. The van der Waals surface area contributed by atoms with Crippen LogP contribution in [0.25, 0.3) is 0 Å². The lowest BCUT2D eigenvalue weighted by atomic mass is 9.69. The van der Waals surface area contributed by atoms with Crippen LogP contribution in [0.1, 0.15) is 41.3 Å². The second-order valence-electron chi connectivity index (χ2n) is 7.00. The van der Waals surface area contributed by atoms with E-state index in [1.807, 2.05) is 38.1 Å². The van der Waals surface area contributed by atoms with Crippen LogP contribution < -0.4 is 9.47 Å². The SMILES string of the molecule is COC(=O)c1ccc2c(c1O)[C@H]1c3ccccc3OC[C@H]1C(C)(C)O2. The Morgan fingerprint density at radius 1 is 1.20 bits per heavy atom. The fourth-order valence-corrected chi connectivity index (χ4v) is 3.93. The van der Waals surface area contributed by atoms with Crippen LogP contribution in [0, 0.1) is 5.92 Å². The average Bonchev–Trinajstić information content (AvgIpc) is 2.60. The number of phenolic OH excluding ortho intramolecular Hbond substituents is 1. The quantitative estimate of drug-likeness (QED) is 0.805. The van der Waals surface area contributed by atoms with E-state index in [1.165, 1.54) is 7.11 Å². The van der Waals surface area contributed by atoms with Crippen LogP contribution in [-0.2, 0) is 4.74 Å². The van der Waals surface area contributed by atoms with Crippen LogP contribution >= 0.6 is 0 Å². The van der Waals surface area contributed by atoms with E-state index < -0.39 is 11.6 Å². The van der Waals surface area contributed by atoms with E-state index in [0.717, 1.165) is 11.3 Å². The number of fused-ring (bicyclic) bond motifs is 5. The maximum Gasteiger partial charge on any atom is 0.341 e. The van der Waals surface area contributed by atoms with Crippen molar-refractivity contribution in [1.82, 2.24) is 0 Å². The number of esters is 1. The molecule has 0 aromatic heterocycles. The summed E-state index contributed by atoms with van der Waals surface area (Å²) in [5.74, 6) is 0.638. The fraction of sp³-hybridized carbons (Fsp3) is 0.350. The lowest BCUT2D eigenvalue weighted by Gasteiger charge is -2.47. The predicted octanol–water partition coefficient (Wildman–Crippen LogP) is 3.49. The van der Waals surface area contributed by atoms with Gasteiger partial charge >= 0.3 is 5.97 Å². The van der Waals surface area contributed by atoms with Gasteiger partial charge in [0.1, 0.15) is 28.4 Å².